The molecule has 1 atom stereocenters. The lowest BCUT2D eigenvalue weighted by Crippen LogP contribution is -2.47. The number of para-hydroxylation sites is 1. The van der Waals surface area contributed by atoms with Gasteiger partial charge in [-0.05, 0) is 25.0 Å². The van der Waals surface area contributed by atoms with Gasteiger partial charge in [-0.2, -0.15) is 0 Å². The predicted molar refractivity (Wildman–Crippen MR) is 83.8 cm³/mol. The van der Waals surface area contributed by atoms with Gasteiger partial charge in [0.25, 0.3) is 0 Å². The van der Waals surface area contributed by atoms with Crippen LogP contribution in [0.25, 0.3) is 0 Å². The molecule has 4 nitrogen and oxygen atoms in total. The van der Waals surface area contributed by atoms with Gasteiger partial charge in [0.2, 0.25) is 11.8 Å². The molecule has 0 aliphatic carbocycles. The summed E-state index contributed by atoms with van der Waals surface area (Å²) < 4.78 is 0. The number of anilines is 1. The number of piperidine rings is 1. The van der Waals surface area contributed by atoms with Crippen molar-refractivity contribution in [3.63, 3.8) is 0 Å². The number of hydrogen-bond donors (Lipinski definition) is 1. The highest BCUT2D eigenvalue weighted by molar-refractivity contribution is 5.93. The molecule has 21 heavy (non-hydrogen) atoms. The number of rotatable bonds is 2. The normalized spacial score (nSPS) is 19.2. The van der Waals surface area contributed by atoms with Gasteiger partial charge in [0, 0.05) is 24.2 Å². The zero-order valence-electron chi connectivity index (χ0n) is 13.1. The van der Waals surface area contributed by atoms with Crippen LogP contribution in [-0.2, 0) is 9.59 Å². The highest BCUT2D eigenvalue weighted by Gasteiger charge is 2.33. The Morgan fingerprint density at radius 3 is 2.48 bits per heavy atom. The van der Waals surface area contributed by atoms with Crippen molar-refractivity contribution >= 4 is 17.5 Å². The van der Waals surface area contributed by atoms with E-state index in [1.54, 1.807) is 0 Å². The maximum absolute atomic E-state index is 12.3. The Balaban J connectivity index is 1.98. The Labute approximate surface area is 126 Å². The number of likely N-dealkylation sites (tertiary alicyclic amines) is 1. The molecule has 1 heterocycles. The van der Waals surface area contributed by atoms with Crippen LogP contribution >= 0.6 is 0 Å². The Bertz CT molecular complexity index is 505. The van der Waals surface area contributed by atoms with Crippen LogP contribution in [-0.4, -0.2) is 29.8 Å². The van der Waals surface area contributed by atoms with Gasteiger partial charge in [0.1, 0.15) is 0 Å². The molecule has 1 aliphatic rings. The molecule has 1 aliphatic heterocycles. The van der Waals surface area contributed by atoms with E-state index in [0.717, 1.165) is 25.1 Å². The quantitative estimate of drug-likeness (QED) is 0.909. The topological polar surface area (TPSA) is 49.4 Å². The van der Waals surface area contributed by atoms with Gasteiger partial charge < -0.3 is 10.2 Å². The highest BCUT2D eigenvalue weighted by Crippen LogP contribution is 2.24. The Hall–Kier alpha value is -1.84. The van der Waals surface area contributed by atoms with Gasteiger partial charge in [-0.15, -0.1) is 0 Å². The Morgan fingerprint density at radius 1 is 1.19 bits per heavy atom. The molecule has 1 aromatic rings. The number of amides is 2. The van der Waals surface area contributed by atoms with E-state index < -0.39 is 5.41 Å². The number of nitrogens with one attached hydrogen (secondary N) is 1. The van der Waals surface area contributed by atoms with E-state index in [1.165, 1.54) is 0 Å². The second-order valence-corrected chi connectivity index (χ2v) is 6.70. The van der Waals surface area contributed by atoms with E-state index in [9.17, 15) is 9.59 Å². The molecule has 0 saturated carbocycles. The van der Waals surface area contributed by atoms with Crippen molar-refractivity contribution in [2.75, 3.05) is 18.4 Å². The van der Waals surface area contributed by atoms with Crippen LogP contribution in [0.1, 0.15) is 33.6 Å². The molecule has 0 aromatic heterocycles. The van der Waals surface area contributed by atoms with Crippen molar-refractivity contribution < 1.29 is 9.59 Å². The summed E-state index contributed by atoms with van der Waals surface area (Å²) in [7, 11) is 0. The molecule has 0 spiro atoms. The summed E-state index contributed by atoms with van der Waals surface area (Å²) >= 11 is 0. The van der Waals surface area contributed by atoms with Crippen molar-refractivity contribution in [3.05, 3.63) is 30.3 Å². The lowest BCUT2D eigenvalue weighted by molar-refractivity contribution is -0.142. The maximum atomic E-state index is 12.3. The fourth-order valence-electron chi connectivity index (χ4n) is 2.62. The SMILES string of the molecule is CC(C)(C)C(=O)N1CCC[C@@H](C(=O)Nc2ccccc2)C1. The summed E-state index contributed by atoms with van der Waals surface area (Å²) in [5.41, 5.74) is 0.416. The molecule has 0 radical (unpaired) electrons. The highest BCUT2D eigenvalue weighted by atomic mass is 16.2. The van der Waals surface area contributed by atoms with Gasteiger partial charge in [-0.1, -0.05) is 39.0 Å². The molecule has 4 heteroatoms. The molecule has 1 saturated heterocycles. The summed E-state index contributed by atoms with van der Waals surface area (Å²) in [5, 5.41) is 2.93. The minimum absolute atomic E-state index is 0.00705. The number of benzene rings is 1. The van der Waals surface area contributed by atoms with Gasteiger partial charge >= 0.3 is 0 Å². The standard InChI is InChI=1S/C17H24N2O2/c1-17(2,3)16(21)19-11-7-8-13(12-19)15(20)18-14-9-5-4-6-10-14/h4-6,9-10,13H,7-8,11-12H2,1-3H3,(H,18,20)/t13-/m1/s1. The number of carbonyl (C=O) groups excluding carboxylic acids is 2. The van der Waals surface area contributed by atoms with Crippen molar-refractivity contribution in [3.8, 4) is 0 Å². The zero-order chi connectivity index (χ0) is 15.5. The lowest BCUT2D eigenvalue weighted by Gasteiger charge is -2.35. The van der Waals surface area contributed by atoms with E-state index in [0.29, 0.717) is 6.54 Å². The van der Waals surface area contributed by atoms with Crippen LogP contribution < -0.4 is 5.32 Å². The fraction of sp³-hybridized carbons (Fsp3) is 0.529. The minimum Gasteiger partial charge on any atom is -0.341 e. The first-order chi connectivity index (χ1) is 9.88. The number of carbonyl (C=O) groups is 2. The first-order valence-electron chi connectivity index (χ1n) is 7.53. The molecule has 2 amide bonds. The lowest BCUT2D eigenvalue weighted by atomic mass is 9.91. The molecule has 1 aromatic carbocycles. The van der Waals surface area contributed by atoms with Gasteiger partial charge in [-0.3, -0.25) is 9.59 Å². The first-order valence-corrected chi connectivity index (χ1v) is 7.53. The summed E-state index contributed by atoms with van der Waals surface area (Å²) in [4.78, 5) is 26.5. The third-order valence-corrected chi connectivity index (χ3v) is 3.76. The Morgan fingerprint density at radius 2 is 1.86 bits per heavy atom. The molecule has 114 valence electrons. The van der Waals surface area contributed by atoms with E-state index in [1.807, 2.05) is 56.0 Å². The third-order valence-electron chi connectivity index (χ3n) is 3.76. The van der Waals surface area contributed by atoms with Crippen molar-refractivity contribution in [2.24, 2.45) is 11.3 Å². The van der Waals surface area contributed by atoms with Crippen LogP contribution in [0.5, 0.6) is 0 Å². The van der Waals surface area contributed by atoms with E-state index in [-0.39, 0.29) is 17.7 Å². The van der Waals surface area contributed by atoms with E-state index in [2.05, 4.69) is 5.32 Å². The molecular formula is C17H24N2O2. The van der Waals surface area contributed by atoms with Crippen molar-refractivity contribution in [1.82, 2.24) is 4.90 Å². The van der Waals surface area contributed by atoms with Crippen molar-refractivity contribution in [2.45, 2.75) is 33.6 Å². The summed E-state index contributed by atoms with van der Waals surface area (Å²) in [6.07, 6.45) is 1.72. The average molecular weight is 288 g/mol. The van der Waals surface area contributed by atoms with Gasteiger partial charge in [-0.25, -0.2) is 0 Å². The molecular weight excluding hydrogens is 264 g/mol. The maximum Gasteiger partial charge on any atom is 0.229 e. The summed E-state index contributed by atoms with van der Waals surface area (Å²) in [5.74, 6) is 0.0116. The predicted octanol–water partition coefficient (Wildman–Crippen LogP) is 2.91. The third kappa shape index (κ3) is 4.06. The summed E-state index contributed by atoms with van der Waals surface area (Å²) in [6, 6.07) is 9.45. The Kier molecular flexibility index (Phi) is 4.66. The number of nitrogens with zero attached hydrogens (tertiary/aromatic N) is 1. The first kappa shape index (κ1) is 15.5. The van der Waals surface area contributed by atoms with E-state index >= 15 is 0 Å². The van der Waals surface area contributed by atoms with Crippen molar-refractivity contribution in [1.29, 1.82) is 0 Å². The van der Waals surface area contributed by atoms with Crippen LogP contribution in [0, 0.1) is 11.3 Å². The minimum atomic E-state index is -0.391. The van der Waals surface area contributed by atoms with Gasteiger partial charge in [0.05, 0.1) is 5.92 Å². The van der Waals surface area contributed by atoms with Crippen LogP contribution in [0.15, 0.2) is 30.3 Å². The zero-order valence-corrected chi connectivity index (χ0v) is 13.1. The largest absolute Gasteiger partial charge is 0.341 e. The van der Waals surface area contributed by atoms with Crippen LogP contribution in [0.4, 0.5) is 5.69 Å². The average Bonchev–Trinajstić information content (AvgIpc) is 2.46. The molecule has 1 N–H and O–H groups in total. The fourth-order valence-corrected chi connectivity index (χ4v) is 2.62. The molecule has 0 unspecified atom stereocenters. The van der Waals surface area contributed by atoms with Crippen LogP contribution in [0.3, 0.4) is 0 Å². The second-order valence-electron chi connectivity index (χ2n) is 6.70. The monoisotopic (exact) mass is 288 g/mol. The second kappa shape index (κ2) is 6.29. The van der Waals surface area contributed by atoms with Gasteiger partial charge in [0.15, 0.2) is 0 Å². The van der Waals surface area contributed by atoms with Crippen LogP contribution in [0.2, 0.25) is 0 Å². The van der Waals surface area contributed by atoms with E-state index in [4.69, 9.17) is 0 Å². The molecule has 2 rings (SSSR count). The number of hydrogen-bond acceptors (Lipinski definition) is 2. The molecule has 0 bridgehead atoms. The summed E-state index contributed by atoms with van der Waals surface area (Å²) in [6.45, 7) is 7.04. The molecule has 1 fully saturated rings. The smallest absolute Gasteiger partial charge is 0.229 e.